The molecule has 0 aromatic heterocycles. The molecule has 0 fully saturated rings. The van der Waals surface area contributed by atoms with E-state index in [0.29, 0.717) is 0 Å². The molecule has 0 aliphatic heterocycles. The molecule has 1 amide bonds. The lowest BCUT2D eigenvalue weighted by molar-refractivity contribution is -0.174. The quantitative estimate of drug-likeness (QED) is 0.436. The van der Waals surface area contributed by atoms with E-state index in [-0.39, 0.29) is 30.2 Å². The van der Waals surface area contributed by atoms with Crippen molar-refractivity contribution in [1.82, 2.24) is 0 Å². The first-order valence-electron chi connectivity index (χ1n) is 5.31. The van der Waals surface area contributed by atoms with Gasteiger partial charge in [-0.3, -0.25) is 4.79 Å². The van der Waals surface area contributed by atoms with Gasteiger partial charge in [0, 0.05) is 6.07 Å². The zero-order chi connectivity index (χ0) is 14.5. The number of nitrogens with one attached hydrogen (secondary N) is 1. The van der Waals surface area contributed by atoms with Crippen LogP contribution in [0.15, 0.2) is 18.2 Å². The van der Waals surface area contributed by atoms with Crippen LogP contribution in [-0.4, -0.2) is 30.4 Å². The van der Waals surface area contributed by atoms with E-state index in [4.69, 9.17) is 10.8 Å². The minimum Gasteiger partial charge on any atom is -0.508 e. The van der Waals surface area contributed by atoms with Crippen molar-refractivity contribution < 1.29 is 27.8 Å². The standard InChI is InChI=1S/C11H13F3N2O3/c12-11(13,14)6-19-4-3-10(18)16-9-2-1-7(17)5-8(9)15/h1-2,5,17H,3-4,6,15H2,(H,16,18). The van der Waals surface area contributed by atoms with Crippen LogP contribution in [0.25, 0.3) is 0 Å². The molecular formula is C11H13F3N2O3. The Balaban J connectivity index is 2.35. The summed E-state index contributed by atoms with van der Waals surface area (Å²) in [6.07, 6.45) is -4.63. The summed E-state index contributed by atoms with van der Waals surface area (Å²) in [7, 11) is 0. The van der Waals surface area contributed by atoms with Crippen LogP contribution in [0.4, 0.5) is 24.5 Å². The van der Waals surface area contributed by atoms with Gasteiger partial charge in [0.15, 0.2) is 0 Å². The Morgan fingerprint density at radius 2 is 2.11 bits per heavy atom. The van der Waals surface area contributed by atoms with Gasteiger partial charge in [0.05, 0.1) is 24.4 Å². The fourth-order valence-corrected chi connectivity index (χ4v) is 1.23. The first-order valence-corrected chi connectivity index (χ1v) is 5.31. The van der Waals surface area contributed by atoms with Crippen molar-refractivity contribution >= 4 is 17.3 Å². The van der Waals surface area contributed by atoms with Crippen LogP contribution in [0.3, 0.4) is 0 Å². The molecule has 0 atom stereocenters. The van der Waals surface area contributed by atoms with Gasteiger partial charge in [-0.2, -0.15) is 13.2 Å². The van der Waals surface area contributed by atoms with E-state index in [1.54, 1.807) is 0 Å². The average molecular weight is 278 g/mol. The highest BCUT2D eigenvalue weighted by atomic mass is 19.4. The smallest absolute Gasteiger partial charge is 0.411 e. The topological polar surface area (TPSA) is 84.6 Å². The molecule has 0 radical (unpaired) electrons. The molecule has 106 valence electrons. The van der Waals surface area contributed by atoms with E-state index in [1.165, 1.54) is 18.2 Å². The van der Waals surface area contributed by atoms with Crippen molar-refractivity contribution in [2.24, 2.45) is 0 Å². The van der Waals surface area contributed by atoms with E-state index in [9.17, 15) is 18.0 Å². The largest absolute Gasteiger partial charge is 0.508 e. The van der Waals surface area contributed by atoms with Crippen LogP contribution in [0, 0.1) is 0 Å². The maximum Gasteiger partial charge on any atom is 0.411 e. The van der Waals surface area contributed by atoms with E-state index >= 15 is 0 Å². The number of hydrogen-bond donors (Lipinski definition) is 3. The van der Waals surface area contributed by atoms with Gasteiger partial charge in [-0.1, -0.05) is 0 Å². The molecule has 0 bridgehead atoms. The van der Waals surface area contributed by atoms with Crippen molar-refractivity contribution in [3.63, 3.8) is 0 Å². The third-order valence-corrected chi connectivity index (χ3v) is 2.05. The van der Waals surface area contributed by atoms with E-state index in [1.807, 2.05) is 0 Å². The lowest BCUT2D eigenvalue weighted by atomic mass is 10.2. The van der Waals surface area contributed by atoms with Crippen molar-refractivity contribution in [1.29, 1.82) is 0 Å². The summed E-state index contributed by atoms with van der Waals surface area (Å²) in [5, 5.41) is 11.5. The predicted octanol–water partition coefficient (Wildman–Crippen LogP) is 1.88. The number of carbonyl (C=O) groups excluding carboxylic acids is 1. The summed E-state index contributed by atoms with van der Waals surface area (Å²) in [4.78, 5) is 11.4. The molecule has 19 heavy (non-hydrogen) atoms. The van der Waals surface area contributed by atoms with Crippen LogP contribution in [0.2, 0.25) is 0 Å². The highest BCUT2D eigenvalue weighted by Gasteiger charge is 2.27. The molecule has 0 saturated heterocycles. The average Bonchev–Trinajstić information content (AvgIpc) is 2.27. The van der Waals surface area contributed by atoms with Crippen molar-refractivity contribution in [2.45, 2.75) is 12.6 Å². The molecule has 4 N–H and O–H groups in total. The van der Waals surface area contributed by atoms with Crippen LogP contribution in [0.1, 0.15) is 6.42 Å². The molecule has 0 aliphatic carbocycles. The highest BCUT2D eigenvalue weighted by molar-refractivity contribution is 5.94. The highest BCUT2D eigenvalue weighted by Crippen LogP contribution is 2.23. The van der Waals surface area contributed by atoms with Gasteiger partial charge in [0.2, 0.25) is 5.91 Å². The van der Waals surface area contributed by atoms with Crippen LogP contribution in [-0.2, 0) is 9.53 Å². The Kier molecular flexibility index (Phi) is 4.99. The number of ether oxygens (including phenoxy) is 1. The Labute approximate surface area is 107 Å². The number of anilines is 2. The molecule has 1 aromatic carbocycles. The van der Waals surface area contributed by atoms with E-state index < -0.39 is 18.7 Å². The van der Waals surface area contributed by atoms with Gasteiger partial charge in [-0.05, 0) is 12.1 Å². The number of halogens is 3. The summed E-state index contributed by atoms with van der Waals surface area (Å²) < 4.78 is 39.6. The third kappa shape index (κ3) is 5.96. The number of nitrogen functional groups attached to an aromatic ring is 1. The van der Waals surface area contributed by atoms with Crippen molar-refractivity contribution in [3.8, 4) is 5.75 Å². The summed E-state index contributed by atoms with van der Waals surface area (Å²) >= 11 is 0. The maximum atomic E-state index is 11.8. The normalized spacial score (nSPS) is 11.3. The monoisotopic (exact) mass is 278 g/mol. The number of rotatable bonds is 5. The van der Waals surface area contributed by atoms with E-state index in [0.717, 1.165) is 0 Å². The Bertz CT molecular complexity index is 449. The molecule has 5 nitrogen and oxygen atoms in total. The minimum absolute atomic E-state index is 0.0518. The number of benzene rings is 1. The number of alkyl halides is 3. The fourth-order valence-electron chi connectivity index (χ4n) is 1.23. The summed E-state index contributed by atoms with van der Waals surface area (Å²) in [5.74, 6) is -0.580. The summed E-state index contributed by atoms with van der Waals surface area (Å²) in [6.45, 7) is -1.73. The predicted molar refractivity (Wildman–Crippen MR) is 62.6 cm³/mol. The van der Waals surface area contributed by atoms with Crippen molar-refractivity contribution in [3.05, 3.63) is 18.2 Å². The number of carbonyl (C=O) groups is 1. The number of phenolic OH excluding ortho intramolecular Hbond substituents is 1. The summed E-state index contributed by atoms with van der Waals surface area (Å²) in [6, 6.07) is 3.96. The van der Waals surface area contributed by atoms with Crippen LogP contribution < -0.4 is 11.1 Å². The zero-order valence-electron chi connectivity index (χ0n) is 9.83. The van der Waals surface area contributed by atoms with Crippen molar-refractivity contribution in [2.75, 3.05) is 24.3 Å². The molecule has 0 unspecified atom stereocenters. The molecule has 1 rings (SSSR count). The van der Waals surface area contributed by atoms with Gasteiger partial charge in [0.1, 0.15) is 12.4 Å². The first-order chi connectivity index (χ1) is 8.78. The zero-order valence-corrected chi connectivity index (χ0v) is 9.83. The number of phenols is 1. The molecule has 8 heteroatoms. The molecule has 0 spiro atoms. The maximum absolute atomic E-state index is 11.8. The Hall–Kier alpha value is -1.96. The van der Waals surface area contributed by atoms with Crippen LogP contribution >= 0.6 is 0 Å². The lowest BCUT2D eigenvalue weighted by Crippen LogP contribution is -2.20. The van der Waals surface area contributed by atoms with Gasteiger partial charge < -0.3 is 20.9 Å². The number of amides is 1. The fraction of sp³-hybridized carbons (Fsp3) is 0.364. The van der Waals surface area contributed by atoms with Crippen LogP contribution in [0.5, 0.6) is 5.75 Å². The lowest BCUT2D eigenvalue weighted by Gasteiger charge is -2.09. The minimum atomic E-state index is -4.40. The second-order valence-electron chi connectivity index (χ2n) is 3.74. The molecular weight excluding hydrogens is 265 g/mol. The Morgan fingerprint density at radius 3 is 2.68 bits per heavy atom. The van der Waals surface area contributed by atoms with Gasteiger partial charge >= 0.3 is 6.18 Å². The second-order valence-corrected chi connectivity index (χ2v) is 3.74. The first kappa shape index (κ1) is 15.1. The van der Waals surface area contributed by atoms with E-state index in [2.05, 4.69) is 10.1 Å². The molecule has 0 heterocycles. The van der Waals surface area contributed by atoms with Gasteiger partial charge in [-0.15, -0.1) is 0 Å². The second kappa shape index (κ2) is 6.28. The van der Waals surface area contributed by atoms with Gasteiger partial charge in [0.25, 0.3) is 0 Å². The third-order valence-electron chi connectivity index (χ3n) is 2.05. The number of aromatic hydroxyl groups is 1. The molecule has 0 saturated carbocycles. The summed E-state index contributed by atoms with van der Waals surface area (Å²) in [5.41, 5.74) is 5.96. The molecule has 1 aromatic rings. The Morgan fingerprint density at radius 1 is 1.42 bits per heavy atom. The SMILES string of the molecule is Nc1cc(O)ccc1NC(=O)CCOCC(F)(F)F. The molecule has 0 aliphatic rings. The number of hydrogen-bond acceptors (Lipinski definition) is 4. The number of nitrogens with two attached hydrogens (primary N) is 1. The van der Waals surface area contributed by atoms with Gasteiger partial charge in [-0.25, -0.2) is 0 Å².